The Kier molecular flexibility index (Phi) is 2.21. The molecule has 0 atom stereocenters. The van der Waals surface area contributed by atoms with Crippen molar-refractivity contribution < 1.29 is 0 Å². The van der Waals surface area contributed by atoms with Crippen LogP contribution in [0.4, 0.5) is 0 Å². The monoisotopic (exact) mass is 277 g/mol. The predicted octanol–water partition coefficient (Wildman–Crippen LogP) is 3.02. The maximum absolute atomic E-state index is 11.3. The molecular formula is C8H5BrClNOS. The highest BCUT2D eigenvalue weighted by Gasteiger charge is 2.09. The summed E-state index contributed by atoms with van der Waals surface area (Å²) in [6, 6.07) is 3.73. The van der Waals surface area contributed by atoms with Gasteiger partial charge in [0.1, 0.15) is 0 Å². The Labute approximate surface area is 91.9 Å². The standard InChI is InChI=1S/C8H5BrClNOS/c1-11-7-5(13-8(11)12)3-2-4(9)6(7)10/h2-3H,1H3. The fourth-order valence-corrected chi connectivity index (χ4v) is 2.73. The highest BCUT2D eigenvalue weighted by molar-refractivity contribution is 9.10. The number of fused-ring (bicyclic) bond motifs is 1. The van der Waals surface area contributed by atoms with E-state index in [0.717, 1.165) is 14.7 Å². The van der Waals surface area contributed by atoms with Crippen LogP contribution in [0.15, 0.2) is 21.4 Å². The van der Waals surface area contributed by atoms with Crippen LogP contribution in [0.25, 0.3) is 10.2 Å². The van der Waals surface area contributed by atoms with Gasteiger partial charge in [0.15, 0.2) is 0 Å². The summed E-state index contributed by atoms with van der Waals surface area (Å²) in [6.07, 6.45) is 0. The highest BCUT2D eigenvalue weighted by Crippen LogP contribution is 2.31. The van der Waals surface area contributed by atoms with Gasteiger partial charge in [0.25, 0.3) is 0 Å². The van der Waals surface area contributed by atoms with Crippen molar-refractivity contribution in [3.05, 3.63) is 31.3 Å². The summed E-state index contributed by atoms with van der Waals surface area (Å²) in [5, 5.41) is 0.596. The molecule has 5 heteroatoms. The number of hydrogen-bond acceptors (Lipinski definition) is 2. The molecular weight excluding hydrogens is 274 g/mol. The Morgan fingerprint density at radius 2 is 2.23 bits per heavy atom. The van der Waals surface area contributed by atoms with Gasteiger partial charge in [-0.25, -0.2) is 0 Å². The lowest BCUT2D eigenvalue weighted by molar-refractivity contribution is 0.938. The molecule has 13 heavy (non-hydrogen) atoms. The lowest BCUT2D eigenvalue weighted by Crippen LogP contribution is -2.06. The molecule has 0 spiro atoms. The van der Waals surface area contributed by atoms with Crippen LogP contribution in [0.1, 0.15) is 0 Å². The number of aromatic nitrogens is 1. The third-order valence-corrected chi connectivity index (χ3v) is 4.11. The number of hydrogen-bond donors (Lipinski definition) is 0. The Hall–Kier alpha value is -0.320. The van der Waals surface area contributed by atoms with Gasteiger partial charge in [0.05, 0.1) is 15.2 Å². The first-order chi connectivity index (χ1) is 6.11. The van der Waals surface area contributed by atoms with Gasteiger partial charge in [-0.1, -0.05) is 22.9 Å². The van der Waals surface area contributed by atoms with E-state index in [0.29, 0.717) is 5.02 Å². The predicted molar refractivity (Wildman–Crippen MR) is 59.8 cm³/mol. The summed E-state index contributed by atoms with van der Waals surface area (Å²) in [5.41, 5.74) is 0.797. The average Bonchev–Trinajstić information content (AvgIpc) is 2.37. The second kappa shape index (κ2) is 3.12. The van der Waals surface area contributed by atoms with E-state index in [1.807, 2.05) is 12.1 Å². The van der Waals surface area contributed by atoms with Gasteiger partial charge < -0.3 is 4.57 Å². The first-order valence-electron chi connectivity index (χ1n) is 3.55. The zero-order valence-corrected chi connectivity index (χ0v) is 9.83. The van der Waals surface area contributed by atoms with Crippen molar-refractivity contribution in [3.63, 3.8) is 0 Å². The van der Waals surface area contributed by atoms with Crippen LogP contribution >= 0.6 is 38.9 Å². The van der Waals surface area contributed by atoms with Crippen LogP contribution in [0.5, 0.6) is 0 Å². The van der Waals surface area contributed by atoms with E-state index < -0.39 is 0 Å². The van der Waals surface area contributed by atoms with Gasteiger partial charge in [-0.05, 0) is 28.1 Å². The molecule has 0 aliphatic rings. The number of benzene rings is 1. The number of rotatable bonds is 0. The van der Waals surface area contributed by atoms with Crippen molar-refractivity contribution >= 4 is 49.1 Å². The largest absolute Gasteiger partial charge is 0.307 e. The van der Waals surface area contributed by atoms with E-state index in [9.17, 15) is 4.79 Å². The van der Waals surface area contributed by atoms with Gasteiger partial charge >= 0.3 is 4.87 Å². The molecule has 0 N–H and O–H groups in total. The Balaban J connectivity index is 3.05. The fraction of sp³-hybridized carbons (Fsp3) is 0.125. The van der Waals surface area contributed by atoms with Crippen LogP contribution in [-0.4, -0.2) is 4.57 Å². The van der Waals surface area contributed by atoms with Crippen molar-refractivity contribution in [2.45, 2.75) is 0 Å². The molecule has 0 saturated heterocycles. The minimum absolute atomic E-state index is 0.00926. The summed E-state index contributed by atoms with van der Waals surface area (Å²) < 4.78 is 3.29. The van der Waals surface area contributed by atoms with Gasteiger partial charge in [-0.2, -0.15) is 0 Å². The van der Waals surface area contributed by atoms with Crippen LogP contribution in [-0.2, 0) is 7.05 Å². The summed E-state index contributed by atoms with van der Waals surface area (Å²) in [4.78, 5) is 11.3. The molecule has 1 aromatic carbocycles. The minimum Gasteiger partial charge on any atom is -0.300 e. The smallest absolute Gasteiger partial charge is 0.300 e. The zero-order valence-electron chi connectivity index (χ0n) is 6.67. The molecule has 0 amide bonds. The Bertz CT molecular complexity index is 531. The summed E-state index contributed by atoms with van der Waals surface area (Å²) in [7, 11) is 1.72. The lowest BCUT2D eigenvalue weighted by atomic mass is 10.3. The normalized spacial score (nSPS) is 11.0. The summed E-state index contributed by atoms with van der Waals surface area (Å²) in [5.74, 6) is 0. The third-order valence-electron chi connectivity index (χ3n) is 1.84. The van der Waals surface area contributed by atoms with Gasteiger partial charge in [0.2, 0.25) is 0 Å². The zero-order chi connectivity index (χ0) is 9.59. The van der Waals surface area contributed by atoms with E-state index in [4.69, 9.17) is 11.6 Å². The number of halogens is 2. The molecule has 0 radical (unpaired) electrons. The van der Waals surface area contributed by atoms with Crippen molar-refractivity contribution in [1.29, 1.82) is 0 Å². The highest BCUT2D eigenvalue weighted by atomic mass is 79.9. The molecule has 0 aliphatic heterocycles. The number of aryl methyl sites for hydroxylation is 1. The van der Waals surface area contributed by atoms with Crippen molar-refractivity contribution in [2.75, 3.05) is 0 Å². The Morgan fingerprint density at radius 3 is 2.92 bits per heavy atom. The molecule has 0 aliphatic carbocycles. The van der Waals surface area contributed by atoms with E-state index in [1.54, 1.807) is 11.6 Å². The number of nitrogens with zero attached hydrogens (tertiary/aromatic N) is 1. The maximum Gasteiger partial charge on any atom is 0.307 e. The lowest BCUT2D eigenvalue weighted by Gasteiger charge is -1.99. The number of thiazole rings is 1. The summed E-state index contributed by atoms with van der Waals surface area (Å²) in [6.45, 7) is 0. The van der Waals surface area contributed by atoms with Crippen LogP contribution in [0.3, 0.4) is 0 Å². The van der Waals surface area contributed by atoms with E-state index in [1.165, 1.54) is 11.3 Å². The molecule has 2 aromatic rings. The minimum atomic E-state index is 0.00926. The third kappa shape index (κ3) is 1.33. The second-order valence-corrected chi connectivity index (χ2v) is 4.86. The van der Waals surface area contributed by atoms with E-state index >= 15 is 0 Å². The van der Waals surface area contributed by atoms with Crippen molar-refractivity contribution in [2.24, 2.45) is 7.05 Å². The van der Waals surface area contributed by atoms with Crippen molar-refractivity contribution in [1.82, 2.24) is 4.57 Å². The maximum atomic E-state index is 11.3. The molecule has 2 nitrogen and oxygen atoms in total. The summed E-state index contributed by atoms with van der Waals surface area (Å²) >= 11 is 10.6. The molecule has 0 saturated carbocycles. The van der Waals surface area contributed by atoms with Gasteiger partial charge in [-0.15, -0.1) is 0 Å². The molecule has 1 aromatic heterocycles. The fourth-order valence-electron chi connectivity index (χ4n) is 1.17. The van der Waals surface area contributed by atoms with Crippen molar-refractivity contribution in [3.8, 4) is 0 Å². The first-order valence-corrected chi connectivity index (χ1v) is 5.53. The first kappa shape index (κ1) is 9.24. The van der Waals surface area contributed by atoms with Gasteiger partial charge in [0, 0.05) is 11.5 Å². The molecule has 0 bridgehead atoms. The molecule has 1 heterocycles. The SMILES string of the molecule is Cn1c(=O)sc2ccc(Br)c(Cl)c21. The van der Waals surface area contributed by atoms with E-state index in [2.05, 4.69) is 15.9 Å². The molecule has 0 unspecified atom stereocenters. The quantitative estimate of drug-likeness (QED) is 0.726. The molecule has 2 rings (SSSR count). The molecule has 0 fully saturated rings. The van der Waals surface area contributed by atoms with Gasteiger partial charge in [-0.3, -0.25) is 4.79 Å². The van der Waals surface area contributed by atoms with Crippen LogP contribution in [0.2, 0.25) is 5.02 Å². The van der Waals surface area contributed by atoms with Crippen LogP contribution in [0, 0.1) is 0 Å². The topological polar surface area (TPSA) is 22.0 Å². The average molecular weight is 279 g/mol. The molecule has 68 valence electrons. The van der Waals surface area contributed by atoms with E-state index in [-0.39, 0.29) is 4.87 Å². The Morgan fingerprint density at radius 1 is 1.54 bits per heavy atom. The van der Waals surface area contributed by atoms with Crippen LogP contribution < -0.4 is 4.87 Å². The second-order valence-electron chi connectivity index (χ2n) is 2.64.